The Hall–Kier alpha value is -4.13. The summed E-state index contributed by atoms with van der Waals surface area (Å²) < 4.78 is 5.06. The van der Waals surface area contributed by atoms with Crippen molar-refractivity contribution in [1.29, 1.82) is 0 Å². The molecule has 0 aromatic heterocycles. The van der Waals surface area contributed by atoms with Crippen LogP contribution in [0.5, 0.6) is 0 Å². The van der Waals surface area contributed by atoms with Crippen LogP contribution in [-0.2, 0) is 9.53 Å². The molecule has 0 saturated heterocycles. The summed E-state index contributed by atoms with van der Waals surface area (Å²) in [6.07, 6.45) is 0. The number of nitrogens with one attached hydrogen (secondary N) is 3. The fourth-order valence-corrected chi connectivity index (χ4v) is 2.48. The number of benzene rings is 3. The third-order valence-electron chi connectivity index (χ3n) is 3.89. The molecule has 3 aromatic carbocycles. The lowest BCUT2D eigenvalue weighted by molar-refractivity contribution is -0.125. The lowest BCUT2D eigenvalue weighted by Gasteiger charge is -2.12. The maximum atomic E-state index is 12.4. The number of hydrazine groups is 1. The number of esters is 1. The van der Waals surface area contributed by atoms with E-state index in [0.717, 1.165) is 5.69 Å². The van der Waals surface area contributed by atoms with E-state index in [9.17, 15) is 14.4 Å². The van der Waals surface area contributed by atoms with Crippen LogP contribution in [0.15, 0.2) is 84.9 Å². The van der Waals surface area contributed by atoms with E-state index in [1.54, 1.807) is 54.6 Å². The Labute approximate surface area is 167 Å². The molecule has 0 bridgehead atoms. The predicted molar refractivity (Wildman–Crippen MR) is 109 cm³/mol. The van der Waals surface area contributed by atoms with E-state index in [4.69, 9.17) is 4.74 Å². The first kappa shape index (κ1) is 19.6. The first-order chi connectivity index (χ1) is 14.1. The van der Waals surface area contributed by atoms with E-state index >= 15 is 0 Å². The molecule has 3 aromatic rings. The zero-order valence-corrected chi connectivity index (χ0v) is 15.4. The molecule has 0 aliphatic heterocycles. The van der Waals surface area contributed by atoms with Crippen LogP contribution < -0.4 is 16.2 Å². The molecule has 146 valence electrons. The van der Waals surface area contributed by atoms with E-state index in [1.165, 1.54) is 0 Å². The van der Waals surface area contributed by atoms with E-state index < -0.39 is 24.4 Å². The average Bonchev–Trinajstić information content (AvgIpc) is 2.77. The average molecular weight is 389 g/mol. The number of hydrogen-bond donors (Lipinski definition) is 3. The minimum atomic E-state index is -0.659. The van der Waals surface area contributed by atoms with Crippen molar-refractivity contribution in [3.8, 4) is 0 Å². The van der Waals surface area contributed by atoms with Gasteiger partial charge in [0.1, 0.15) is 0 Å². The van der Waals surface area contributed by atoms with Gasteiger partial charge in [0.05, 0.1) is 11.3 Å². The Morgan fingerprint density at radius 2 is 1.34 bits per heavy atom. The Morgan fingerprint density at radius 3 is 2.07 bits per heavy atom. The summed E-state index contributed by atoms with van der Waals surface area (Å²) in [7, 11) is 0. The standard InChI is InChI=1S/C22H19N3O4/c26-20(24-25-21(27)16-9-3-1-4-10-16)15-29-22(28)18-13-7-8-14-19(18)23-17-11-5-2-6-12-17/h1-14,23H,15H2,(H,24,26)(H,25,27). The van der Waals surface area contributed by atoms with Crippen molar-refractivity contribution >= 4 is 29.2 Å². The lowest BCUT2D eigenvalue weighted by Crippen LogP contribution is -2.43. The monoisotopic (exact) mass is 389 g/mol. The summed E-state index contributed by atoms with van der Waals surface area (Å²) in [4.78, 5) is 36.1. The fourth-order valence-electron chi connectivity index (χ4n) is 2.48. The van der Waals surface area contributed by atoms with Crippen molar-refractivity contribution in [3.05, 3.63) is 96.1 Å². The number of carbonyl (C=O) groups is 3. The number of amides is 2. The van der Waals surface area contributed by atoms with Crippen molar-refractivity contribution in [2.75, 3.05) is 11.9 Å². The third-order valence-corrected chi connectivity index (χ3v) is 3.89. The highest BCUT2D eigenvalue weighted by atomic mass is 16.5. The van der Waals surface area contributed by atoms with Crippen LogP contribution in [0.1, 0.15) is 20.7 Å². The molecule has 7 heteroatoms. The molecule has 0 saturated carbocycles. The van der Waals surface area contributed by atoms with Crippen LogP contribution in [-0.4, -0.2) is 24.4 Å². The highest BCUT2D eigenvalue weighted by Crippen LogP contribution is 2.21. The Balaban J connectivity index is 1.53. The lowest BCUT2D eigenvalue weighted by atomic mass is 10.1. The summed E-state index contributed by atoms with van der Waals surface area (Å²) >= 11 is 0. The van der Waals surface area contributed by atoms with Gasteiger partial charge in [-0.1, -0.05) is 48.5 Å². The smallest absolute Gasteiger partial charge is 0.340 e. The molecular formula is C22H19N3O4. The third kappa shape index (κ3) is 5.67. The second-order valence-electron chi connectivity index (χ2n) is 5.98. The Kier molecular flexibility index (Phi) is 6.57. The number of hydrogen-bond acceptors (Lipinski definition) is 5. The normalized spacial score (nSPS) is 9.93. The van der Waals surface area contributed by atoms with E-state index in [0.29, 0.717) is 11.3 Å². The van der Waals surface area contributed by atoms with Crippen molar-refractivity contribution in [1.82, 2.24) is 10.9 Å². The molecule has 0 aliphatic carbocycles. The number of para-hydroxylation sites is 2. The molecular weight excluding hydrogens is 370 g/mol. The van der Waals surface area contributed by atoms with Crippen molar-refractivity contribution in [3.63, 3.8) is 0 Å². The van der Waals surface area contributed by atoms with Gasteiger partial charge in [-0.25, -0.2) is 4.79 Å². The molecule has 3 N–H and O–H groups in total. The van der Waals surface area contributed by atoms with E-state index in [-0.39, 0.29) is 5.56 Å². The van der Waals surface area contributed by atoms with Gasteiger partial charge in [0.2, 0.25) is 0 Å². The van der Waals surface area contributed by atoms with Gasteiger partial charge in [-0.3, -0.25) is 20.4 Å². The summed E-state index contributed by atoms with van der Waals surface area (Å²) in [5, 5.41) is 3.14. The molecule has 0 unspecified atom stereocenters. The number of anilines is 2. The van der Waals surface area contributed by atoms with Crippen LogP contribution in [0.4, 0.5) is 11.4 Å². The highest BCUT2D eigenvalue weighted by molar-refractivity contribution is 5.98. The van der Waals surface area contributed by atoms with Gasteiger partial charge in [-0.2, -0.15) is 0 Å². The van der Waals surface area contributed by atoms with Crippen LogP contribution >= 0.6 is 0 Å². The van der Waals surface area contributed by atoms with E-state index in [2.05, 4.69) is 16.2 Å². The van der Waals surface area contributed by atoms with E-state index in [1.807, 2.05) is 30.3 Å². The predicted octanol–water partition coefficient (Wildman–Crippen LogP) is 3.05. The zero-order chi connectivity index (χ0) is 20.5. The van der Waals surface area contributed by atoms with Crippen LogP contribution in [0.25, 0.3) is 0 Å². The van der Waals surface area contributed by atoms with Crippen LogP contribution in [0, 0.1) is 0 Å². The molecule has 0 heterocycles. The molecule has 0 fully saturated rings. The molecule has 0 radical (unpaired) electrons. The quantitative estimate of drug-likeness (QED) is 0.445. The topological polar surface area (TPSA) is 96.5 Å². The van der Waals surface area contributed by atoms with Gasteiger partial charge in [-0.05, 0) is 36.4 Å². The Bertz CT molecular complexity index is 991. The van der Waals surface area contributed by atoms with Crippen molar-refractivity contribution in [2.45, 2.75) is 0 Å². The molecule has 7 nitrogen and oxygen atoms in total. The first-order valence-corrected chi connectivity index (χ1v) is 8.86. The van der Waals surface area contributed by atoms with Gasteiger partial charge in [0, 0.05) is 11.3 Å². The zero-order valence-electron chi connectivity index (χ0n) is 15.4. The van der Waals surface area contributed by atoms with Crippen molar-refractivity contribution < 1.29 is 19.1 Å². The second kappa shape index (κ2) is 9.70. The summed E-state index contributed by atoms with van der Waals surface area (Å²) in [5.74, 6) is -1.78. The molecule has 0 spiro atoms. The summed E-state index contributed by atoms with van der Waals surface area (Å²) in [6.45, 7) is -0.534. The second-order valence-corrected chi connectivity index (χ2v) is 5.98. The highest BCUT2D eigenvalue weighted by Gasteiger charge is 2.15. The van der Waals surface area contributed by atoms with Gasteiger partial charge < -0.3 is 10.1 Å². The first-order valence-electron chi connectivity index (χ1n) is 8.86. The van der Waals surface area contributed by atoms with Crippen LogP contribution in [0.3, 0.4) is 0 Å². The van der Waals surface area contributed by atoms with Gasteiger partial charge in [0.25, 0.3) is 11.8 Å². The summed E-state index contributed by atoms with van der Waals surface area (Å²) in [6, 6.07) is 24.6. The van der Waals surface area contributed by atoms with Crippen LogP contribution in [0.2, 0.25) is 0 Å². The fraction of sp³-hybridized carbons (Fsp3) is 0.0455. The number of ether oxygens (including phenoxy) is 1. The van der Waals surface area contributed by atoms with Gasteiger partial charge >= 0.3 is 5.97 Å². The molecule has 2 amide bonds. The minimum absolute atomic E-state index is 0.289. The molecule has 3 rings (SSSR count). The van der Waals surface area contributed by atoms with Gasteiger partial charge in [-0.15, -0.1) is 0 Å². The maximum absolute atomic E-state index is 12.4. The SMILES string of the molecule is O=C(COC(=O)c1ccccc1Nc1ccccc1)NNC(=O)c1ccccc1. The number of rotatable bonds is 6. The van der Waals surface area contributed by atoms with Gasteiger partial charge in [0.15, 0.2) is 6.61 Å². The largest absolute Gasteiger partial charge is 0.452 e. The Morgan fingerprint density at radius 1 is 0.724 bits per heavy atom. The molecule has 0 atom stereocenters. The maximum Gasteiger partial charge on any atom is 0.340 e. The minimum Gasteiger partial charge on any atom is -0.452 e. The van der Waals surface area contributed by atoms with Crippen molar-refractivity contribution in [2.24, 2.45) is 0 Å². The number of carbonyl (C=O) groups excluding carboxylic acids is 3. The summed E-state index contributed by atoms with van der Waals surface area (Å²) in [5.41, 5.74) is 6.53. The molecule has 0 aliphatic rings. The molecule has 29 heavy (non-hydrogen) atoms.